The molecule has 0 radical (unpaired) electrons. The Kier molecular flexibility index (Phi) is 7.27. The van der Waals surface area contributed by atoms with Crippen molar-refractivity contribution < 1.29 is 9.53 Å². The second kappa shape index (κ2) is 10.3. The van der Waals surface area contributed by atoms with E-state index in [0.717, 1.165) is 49.6 Å². The summed E-state index contributed by atoms with van der Waals surface area (Å²) < 4.78 is 7.99. The highest BCUT2D eigenvalue weighted by molar-refractivity contribution is 7.13. The van der Waals surface area contributed by atoms with Crippen molar-refractivity contribution in [2.75, 3.05) is 26.7 Å². The summed E-state index contributed by atoms with van der Waals surface area (Å²) in [5, 5.41) is 4.24. The average molecular weight is 453 g/mol. The third kappa shape index (κ3) is 5.99. The van der Waals surface area contributed by atoms with Crippen molar-refractivity contribution in [1.82, 2.24) is 19.6 Å². The molecule has 1 aliphatic rings. The number of aromatic nitrogens is 2. The Morgan fingerprint density at radius 1 is 1.25 bits per heavy atom. The lowest BCUT2D eigenvalue weighted by molar-refractivity contribution is 0.0638. The summed E-state index contributed by atoms with van der Waals surface area (Å²) in [6.45, 7) is 5.99. The van der Waals surface area contributed by atoms with Gasteiger partial charge in [0, 0.05) is 55.8 Å². The van der Waals surface area contributed by atoms with Gasteiger partial charge in [0.1, 0.15) is 5.75 Å². The number of hydrogen-bond acceptors (Lipinski definition) is 5. The lowest BCUT2D eigenvalue weighted by Crippen LogP contribution is -2.41. The number of aryl methyl sites for hydroxylation is 2. The van der Waals surface area contributed by atoms with E-state index in [2.05, 4.69) is 35.2 Å². The summed E-state index contributed by atoms with van der Waals surface area (Å²) in [7, 11) is 4.05. The van der Waals surface area contributed by atoms with E-state index in [-0.39, 0.29) is 5.91 Å². The predicted octanol–water partition coefficient (Wildman–Crippen LogP) is 4.35. The van der Waals surface area contributed by atoms with Crippen LogP contribution in [0, 0.1) is 12.8 Å². The Morgan fingerprint density at radius 3 is 2.84 bits per heavy atom. The minimum atomic E-state index is 0.159. The first-order chi connectivity index (χ1) is 15.5. The number of hydrogen-bond donors (Lipinski definition) is 0. The Balaban J connectivity index is 1.28. The standard InChI is InChI=1S/C25H32N4O2S/c1-19-9-10-24(32-19)25(30)29-11-5-7-21(17-29)18-31-23-8-4-6-20(12-23)14-27(2)15-22-13-26-28(3)16-22/h4,6,8-10,12-13,16,21H,5,7,11,14-15,17-18H2,1-3H3. The van der Waals surface area contributed by atoms with Gasteiger partial charge in [0.15, 0.2) is 0 Å². The Bertz CT molecular complexity index is 1040. The zero-order chi connectivity index (χ0) is 22.5. The maximum absolute atomic E-state index is 12.8. The molecule has 1 unspecified atom stereocenters. The van der Waals surface area contributed by atoms with Gasteiger partial charge in [-0.05, 0) is 56.6 Å². The normalized spacial score (nSPS) is 16.5. The van der Waals surface area contributed by atoms with Crippen LogP contribution in [0.4, 0.5) is 0 Å². The average Bonchev–Trinajstić information content (AvgIpc) is 3.40. The van der Waals surface area contributed by atoms with Gasteiger partial charge in [-0.2, -0.15) is 5.10 Å². The highest BCUT2D eigenvalue weighted by Gasteiger charge is 2.25. The first-order valence-electron chi connectivity index (χ1n) is 11.2. The van der Waals surface area contributed by atoms with E-state index in [1.54, 1.807) is 11.3 Å². The molecule has 1 aromatic carbocycles. The van der Waals surface area contributed by atoms with Gasteiger partial charge in [-0.25, -0.2) is 0 Å². The van der Waals surface area contributed by atoms with Crippen LogP contribution >= 0.6 is 11.3 Å². The molecule has 170 valence electrons. The number of benzene rings is 1. The number of thiophene rings is 1. The molecule has 1 amide bonds. The first kappa shape index (κ1) is 22.6. The lowest BCUT2D eigenvalue weighted by atomic mass is 9.99. The number of carbonyl (C=O) groups excluding carboxylic acids is 1. The van der Waals surface area contributed by atoms with Crippen LogP contribution in [0.15, 0.2) is 48.8 Å². The lowest BCUT2D eigenvalue weighted by Gasteiger charge is -2.32. The zero-order valence-electron chi connectivity index (χ0n) is 19.2. The largest absolute Gasteiger partial charge is 0.493 e. The van der Waals surface area contributed by atoms with Gasteiger partial charge in [-0.1, -0.05) is 12.1 Å². The van der Waals surface area contributed by atoms with Gasteiger partial charge in [0.2, 0.25) is 0 Å². The van der Waals surface area contributed by atoms with Crippen molar-refractivity contribution in [1.29, 1.82) is 0 Å². The number of rotatable bonds is 8. The molecule has 0 spiro atoms. The van der Waals surface area contributed by atoms with Crippen LogP contribution < -0.4 is 4.74 Å². The van der Waals surface area contributed by atoms with Crippen LogP contribution in [-0.2, 0) is 20.1 Å². The monoisotopic (exact) mass is 452 g/mol. The third-order valence-electron chi connectivity index (χ3n) is 5.80. The highest BCUT2D eigenvalue weighted by atomic mass is 32.1. The molecular weight excluding hydrogens is 420 g/mol. The molecule has 32 heavy (non-hydrogen) atoms. The van der Waals surface area contributed by atoms with Crippen LogP contribution in [0.1, 0.15) is 38.5 Å². The van der Waals surface area contributed by atoms with E-state index in [1.807, 2.05) is 54.1 Å². The number of amides is 1. The SMILES string of the molecule is Cc1ccc(C(=O)N2CCCC(COc3cccc(CN(C)Cc4cnn(C)c4)c3)C2)s1. The van der Waals surface area contributed by atoms with Crippen molar-refractivity contribution >= 4 is 17.2 Å². The van der Waals surface area contributed by atoms with Gasteiger partial charge in [-0.15, -0.1) is 11.3 Å². The van der Waals surface area contributed by atoms with Crippen LogP contribution in [-0.4, -0.2) is 52.2 Å². The Labute approximate surface area is 194 Å². The van der Waals surface area contributed by atoms with Crippen LogP contribution in [0.2, 0.25) is 0 Å². The highest BCUT2D eigenvalue weighted by Crippen LogP contribution is 2.24. The van der Waals surface area contributed by atoms with Gasteiger partial charge >= 0.3 is 0 Å². The fourth-order valence-electron chi connectivity index (χ4n) is 4.27. The fourth-order valence-corrected chi connectivity index (χ4v) is 5.11. The molecule has 1 atom stereocenters. The molecule has 7 heteroatoms. The van der Waals surface area contributed by atoms with Crippen LogP contribution in [0.5, 0.6) is 5.75 Å². The number of nitrogens with zero attached hydrogens (tertiary/aromatic N) is 4. The molecule has 3 heterocycles. The summed E-state index contributed by atoms with van der Waals surface area (Å²) in [6.07, 6.45) is 6.09. The molecule has 4 rings (SSSR count). The van der Waals surface area contributed by atoms with Gasteiger partial charge in [0.25, 0.3) is 5.91 Å². The zero-order valence-corrected chi connectivity index (χ0v) is 20.0. The van der Waals surface area contributed by atoms with Crippen molar-refractivity contribution in [2.24, 2.45) is 13.0 Å². The second-order valence-electron chi connectivity index (χ2n) is 8.82. The Morgan fingerprint density at radius 2 is 2.09 bits per heavy atom. The van der Waals surface area contributed by atoms with Gasteiger partial charge < -0.3 is 9.64 Å². The topological polar surface area (TPSA) is 50.6 Å². The minimum absolute atomic E-state index is 0.159. The van der Waals surface area contributed by atoms with Crippen molar-refractivity contribution in [3.05, 3.63) is 69.7 Å². The summed E-state index contributed by atoms with van der Waals surface area (Å²) >= 11 is 1.58. The fraction of sp³-hybridized carbons (Fsp3) is 0.440. The van der Waals surface area contributed by atoms with E-state index >= 15 is 0 Å². The maximum atomic E-state index is 12.8. The summed E-state index contributed by atoms with van der Waals surface area (Å²) in [5.41, 5.74) is 2.43. The summed E-state index contributed by atoms with van der Waals surface area (Å²) in [4.78, 5) is 19.1. The third-order valence-corrected chi connectivity index (χ3v) is 6.79. The molecular formula is C25H32N4O2S. The van der Waals surface area contributed by atoms with Crippen LogP contribution in [0.3, 0.4) is 0 Å². The quantitative estimate of drug-likeness (QED) is 0.510. The van der Waals surface area contributed by atoms with E-state index in [0.29, 0.717) is 12.5 Å². The van der Waals surface area contributed by atoms with Crippen molar-refractivity contribution in [3.63, 3.8) is 0 Å². The van der Waals surface area contributed by atoms with Gasteiger partial charge in [-0.3, -0.25) is 14.4 Å². The van der Waals surface area contributed by atoms with E-state index in [1.165, 1.54) is 16.0 Å². The number of ether oxygens (including phenoxy) is 1. The molecule has 0 saturated carbocycles. The van der Waals surface area contributed by atoms with Crippen molar-refractivity contribution in [2.45, 2.75) is 32.9 Å². The molecule has 0 aliphatic carbocycles. The Hall–Kier alpha value is -2.64. The van der Waals surface area contributed by atoms with E-state index in [9.17, 15) is 4.79 Å². The predicted molar refractivity (Wildman–Crippen MR) is 128 cm³/mol. The van der Waals surface area contributed by atoms with Gasteiger partial charge in [0.05, 0.1) is 17.7 Å². The van der Waals surface area contributed by atoms with E-state index < -0.39 is 0 Å². The molecule has 3 aromatic rings. The number of likely N-dealkylation sites (tertiary alicyclic amines) is 1. The first-order valence-corrected chi connectivity index (χ1v) is 12.0. The number of piperidine rings is 1. The van der Waals surface area contributed by atoms with Crippen molar-refractivity contribution in [3.8, 4) is 5.75 Å². The summed E-state index contributed by atoms with van der Waals surface area (Å²) in [5.74, 6) is 1.42. The molecule has 1 saturated heterocycles. The molecule has 0 bridgehead atoms. The van der Waals surface area contributed by atoms with E-state index in [4.69, 9.17) is 4.74 Å². The molecule has 6 nitrogen and oxygen atoms in total. The molecule has 1 aliphatic heterocycles. The maximum Gasteiger partial charge on any atom is 0.263 e. The summed E-state index contributed by atoms with van der Waals surface area (Å²) in [6, 6.07) is 12.3. The van der Waals surface area contributed by atoms with Crippen LogP contribution in [0.25, 0.3) is 0 Å². The minimum Gasteiger partial charge on any atom is -0.493 e. The number of carbonyl (C=O) groups is 1. The molecule has 2 aromatic heterocycles. The molecule has 0 N–H and O–H groups in total. The second-order valence-corrected chi connectivity index (χ2v) is 10.1. The smallest absolute Gasteiger partial charge is 0.263 e. The molecule has 1 fully saturated rings.